The van der Waals surface area contributed by atoms with Crippen LogP contribution in [0.25, 0.3) is 5.65 Å². The van der Waals surface area contributed by atoms with Crippen LogP contribution in [0.4, 0.5) is 5.82 Å². The van der Waals surface area contributed by atoms with Gasteiger partial charge in [0.15, 0.2) is 5.65 Å². The van der Waals surface area contributed by atoms with Gasteiger partial charge in [-0.05, 0) is 73.2 Å². The first-order valence-electron chi connectivity index (χ1n) is 13.1. The molecule has 2 atom stereocenters. The predicted molar refractivity (Wildman–Crippen MR) is 145 cm³/mol. The normalized spacial score (nSPS) is 19.4. The first-order chi connectivity index (χ1) is 18.7. The lowest BCUT2D eigenvalue weighted by Crippen LogP contribution is -2.39. The Morgan fingerprint density at radius 3 is 2.77 bits per heavy atom. The molecular formula is C28H30N6O4S. The average molecular weight is 547 g/mol. The minimum Gasteiger partial charge on any atom is -0.481 e. The standard InChI is InChI=1S/C28H30N6O4S/c1-18-7-8-20(24(15-27(35)36)21-9-12-33-19(2)30-31-26(33)14-21)13-22(18)16-32-17-23-5-4-11-34(23)28-25(39(32,37)38)6-3-10-29-28/h3,6-10,12-14,23-24H,4-5,11,15-17H2,1-2H3,(H,35,36)/t23?,24-/m0/s1. The number of benzene rings is 1. The van der Waals surface area contributed by atoms with E-state index >= 15 is 0 Å². The fourth-order valence-corrected chi connectivity index (χ4v) is 7.45. The molecule has 11 heteroatoms. The van der Waals surface area contributed by atoms with Gasteiger partial charge in [-0.2, -0.15) is 4.31 Å². The largest absolute Gasteiger partial charge is 0.481 e. The van der Waals surface area contributed by atoms with E-state index in [0.29, 0.717) is 18.0 Å². The first kappa shape index (κ1) is 25.4. The molecule has 3 aromatic heterocycles. The highest BCUT2D eigenvalue weighted by atomic mass is 32.2. The summed E-state index contributed by atoms with van der Waals surface area (Å²) in [5, 5.41) is 18.1. The monoisotopic (exact) mass is 546 g/mol. The van der Waals surface area contributed by atoms with Gasteiger partial charge in [-0.1, -0.05) is 18.2 Å². The van der Waals surface area contributed by atoms with Gasteiger partial charge in [0.1, 0.15) is 16.5 Å². The second kappa shape index (κ2) is 9.73. The Kier molecular flexibility index (Phi) is 6.35. The summed E-state index contributed by atoms with van der Waals surface area (Å²) in [6.07, 6.45) is 5.30. The van der Waals surface area contributed by atoms with Crippen LogP contribution in [0.1, 0.15) is 53.3 Å². The summed E-state index contributed by atoms with van der Waals surface area (Å²) in [6.45, 7) is 5.18. The number of anilines is 1. The first-order valence-corrected chi connectivity index (χ1v) is 14.5. The summed E-state index contributed by atoms with van der Waals surface area (Å²) < 4.78 is 31.1. The number of hydrogen-bond acceptors (Lipinski definition) is 7. The van der Waals surface area contributed by atoms with Crippen molar-refractivity contribution in [3.05, 3.63) is 82.9 Å². The van der Waals surface area contributed by atoms with Crippen LogP contribution in [-0.4, -0.2) is 62.5 Å². The molecule has 6 rings (SSSR count). The van der Waals surface area contributed by atoms with E-state index in [2.05, 4.69) is 20.1 Å². The minimum absolute atomic E-state index is 0.0671. The third-order valence-corrected chi connectivity index (χ3v) is 9.77. The molecule has 0 bridgehead atoms. The number of aliphatic carboxylic acids is 1. The Morgan fingerprint density at radius 1 is 1.13 bits per heavy atom. The maximum Gasteiger partial charge on any atom is 0.304 e. The van der Waals surface area contributed by atoms with Crippen LogP contribution in [0.5, 0.6) is 0 Å². The van der Waals surface area contributed by atoms with Gasteiger partial charge >= 0.3 is 5.97 Å². The molecule has 10 nitrogen and oxygen atoms in total. The topological polar surface area (TPSA) is 121 Å². The average Bonchev–Trinajstić information content (AvgIpc) is 3.52. The highest BCUT2D eigenvalue weighted by Crippen LogP contribution is 2.37. The Bertz CT molecular complexity index is 1680. The lowest BCUT2D eigenvalue weighted by Gasteiger charge is -2.26. The van der Waals surface area contributed by atoms with Crippen LogP contribution in [-0.2, 0) is 21.4 Å². The fraction of sp³-hybridized carbons (Fsp3) is 0.357. The van der Waals surface area contributed by atoms with Crippen LogP contribution < -0.4 is 4.90 Å². The van der Waals surface area contributed by atoms with Gasteiger partial charge in [0.25, 0.3) is 0 Å². The Hall–Kier alpha value is -3.83. The summed E-state index contributed by atoms with van der Waals surface area (Å²) in [7, 11) is -3.79. The van der Waals surface area contributed by atoms with E-state index in [1.807, 2.05) is 54.8 Å². The molecule has 0 amide bonds. The van der Waals surface area contributed by atoms with Crippen molar-refractivity contribution in [2.24, 2.45) is 0 Å². The summed E-state index contributed by atoms with van der Waals surface area (Å²) in [5.74, 6) is -0.0613. The molecule has 2 aliphatic heterocycles. The van der Waals surface area contributed by atoms with Gasteiger partial charge in [-0.3, -0.25) is 9.20 Å². The summed E-state index contributed by atoms with van der Waals surface area (Å²) in [5.41, 5.74) is 4.08. The molecule has 5 heterocycles. The maximum atomic E-state index is 13.8. The van der Waals surface area contributed by atoms with Crippen LogP contribution >= 0.6 is 0 Å². The van der Waals surface area contributed by atoms with E-state index in [9.17, 15) is 18.3 Å². The Balaban J connectivity index is 1.38. The quantitative estimate of drug-likeness (QED) is 0.390. The van der Waals surface area contributed by atoms with Crippen molar-refractivity contribution in [1.82, 2.24) is 23.9 Å². The van der Waals surface area contributed by atoms with E-state index in [4.69, 9.17) is 0 Å². The highest BCUT2D eigenvalue weighted by molar-refractivity contribution is 7.89. The molecule has 39 heavy (non-hydrogen) atoms. The van der Waals surface area contributed by atoms with Gasteiger partial charge in [0, 0.05) is 44.0 Å². The molecule has 2 aliphatic rings. The molecule has 0 aliphatic carbocycles. The molecular weight excluding hydrogens is 516 g/mol. The van der Waals surface area contributed by atoms with Gasteiger partial charge < -0.3 is 10.0 Å². The van der Waals surface area contributed by atoms with E-state index in [1.54, 1.807) is 22.6 Å². The summed E-state index contributed by atoms with van der Waals surface area (Å²) in [4.78, 5) is 18.7. The van der Waals surface area contributed by atoms with E-state index in [0.717, 1.165) is 47.5 Å². The third kappa shape index (κ3) is 4.55. The van der Waals surface area contributed by atoms with Crippen LogP contribution in [0, 0.1) is 13.8 Å². The lowest BCUT2D eigenvalue weighted by molar-refractivity contribution is -0.137. The lowest BCUT2D eigenvalue weighted by atomic mass is 9.87. The number of aryl methyl sites for hydroxylation is 2. The van der Waals surface area contributed by atoms with E-state index < -0.39 is 21.9 Å². The SMILES string of the molecule is Cc1ccc([C@H](CC(=O)O)c2ccn3c(C)nnc3c2)cc1CN1CC2CCCN2c2ncccc2S1(=O)=O. The molecule has 1 aromatic carbocycles. The Morgan fingerprint density at radius 2 is 1.95 bits per heavy atom. The number of carboxylic acids is 1. The molecule has 1 unspecified atom stereocenters. The van der Waals surface area contributed by atoms with Crippen LogP contribution in [0.2, 0.25) is 0 Å². The second-order valence-corrected chi connectivity index (χ2v) is 12.3. The van der Waals surface area contributed by atoms with E-state index in [-0.39, 0.29) is 23.9 Å². The number of hydrogen-bond donors (Lipinski definition) is 1. The molecule has 1 N–H and O–H groups in total. The zero-order valence-electron chi connectivity index (χ0n) is 21.9. The fourth-order valence-electron chi connectivity index (χ4n) is 5.84. The predicted octanol–water partition coefficient (Wildman–Crippen LogP) is 3.52. The maximum absolute atomic E-state index is 13.8. The number of nitrogens with zero attached hydrogens (tertiary/aromatic N) is 6. The van der Waals surface area contributed by atoms with Crippen molar-refractivity contribution in [1.29, 1.82) is 0 Å². The second-order valence-electron chi connectivity index (χ2n) is 10.4. The summed E-state index contributed by atoms with van der Waals surface area (Å²) >= 11 is 0. The number of carboxylic acid groups (broad SMARTS) is 1. The number of aromatic nitrogens is 4. The smallest absolute Gasteiger partial charge is 0.304 e. The minimum atomic E-state index is -3.79. The molecule has 0 radical (unpaired) electrons. The van der Waals surface area contributed by atoms with Crippen molar-refractivity contribution in [3.63, 3.8) is 0 Å². The molecule has 1 fully saturated rings. The van der Waals surface area contributed by atoms with Crippen LogP contribution in [0.15, 0.2) is 59.8 Å². The zero-order valence-corrected chi connectivity index (χ0v) is 22.7. The number of pyridine rings is 2. The van der Waals surface area contributed by atoms with Crippen molar-refractivity contribution in [2.45, 2.75) is 56.5 Å². The third-order valence-electron chi connectivity index (χ3n) is 7.94. The van der Waals surface area contributed by atoms with Crippen LogP contribution in [0.3, 0.4) is 0 Å². The Labute approximate surface area is 227 Å². The number of sulfonamides is 1. The summed E-state index contributed by atoms with van der Waals surface area (Å²) in [6, 6.07) is 13.0. The zero-order chi connectivity index (χ0) is 27.3. The van der Waals surface area contributed by atoms with Crippen molar-refractivity contribution < 1.29 is 18.3 Å². The molecule has 0 spiro atoms. The number of rotatable bonds is 6. The van der Waals surface area contributed by atoms with E-state index in [1.165, 1.54) is 0 Å². The van der Waals surface area contributed by atoms with Crippen molar-refractivity contribution >= 4 is 27.5 Å². The van der Waals surface area contributed by atoms with Crippen molar-refractivity contribution in [3.8, 4) is 0 Å². The molecule has 1 saturated heterocycles. The number of fused-ring (bicyclic) bond motifs is 4. The number of carbonyl (C=O) groups is 1. The highest BCUT2D eigenvalue weighted by Gasteiger charge is 2.40. The van der Waals surface area contributed by atoms with Gasteiger partial charge in [-0.15, -0.1) is 10.2 Å². The molecule has 4 aromatic rings. The van der Waals surface area contributed by atoms with Gasteiger partial charge in [-0.25, -0.2) is 13.4 Å². The molecule has 0 saturated carbocycles. The van der Waals surface area contributed by atoms with Crippen molar-refractivity contribution in [2.75, 3.05) is 18.0 Å². The van der Waals surface area contributed by atoms with Gasteiger partial charge in [0.2, 0.25) is 10.0 Å². The molecule has 202 valence electrons. The van der Waals surface area contributed by atoms with Gasteiger partial charge in [0.05, 0.1) is 6.42 Å².